The average Bonchev–Trinajstić information content (AvgIpc) is 2.69. The van der Waals surface area contributed by atoms with Crippen LogP contribution in [0.1, 0.15) is 46.9 Å². The van der Waals surface area contributed by atoms with E-state index in [1.807, 2.05) is 0 Å². The molecule has 1 aliphatic rings. The van der Waals surface area contributed by atoms with Crippen LogP contribution in [0.4, 0.5) is 8.78 Å². The van der Waals surface area contributed by atoms with Gasteiger partial charge in [-0.25, -0.2) is 8.78 Å². The summed E-state index contributed by atoms with van der Waals surface area (Å²) in [4.78, 5) is 26.3. The van der Waals surface area contributed by atoms with E-state index in [-0.39, 0.29) is 40.7 Å². The Morgan fingerprint density at radius 1 is 1.26 bits per heavy atom. The van der Waals surface area contributed by atoms with E-state index in [1.165, 1.54) is 28.8 Å². The van der Waals surface area contributed by atoms with E-state index >= 15 is 0 Å². The molecule has 1 aromatic heterocycles. The Labute approximate surface area is 178 Å². The lowest BCUT2D eigenvalue weighted by Crippen LogP contribution is -2.38. The molecule has 0 spiro atoms. The second kappa shape index (κ2) is 8.35. The number of aromatic nitrogens is 1. The molecule has 6 heteroatoms. The number of terminal acetylenes is 1. The highest BCUT2D eigenvalue weighted by molar-refractivity contribution is 6.08. The van der Waals surface area contributed by atoms with Crippen molar-refractivity contribution in [3.63, 3.8) is 0 Å². The fourth-order valence-corrected chi connectivity index (χ4v) is 4.30. The van der Waals surface area contributed by atoms with E-state index in [9.17, 15) is 18.4 Å². The number of amides is 1. The van der Waals surface area contributed by atoms with E-state index < -0.39 is 17.3 Å². The molecular weight excluding hydrogens is 398 g/mol. The molecule has 0 saturated heterocycles. The van der Waals surface area contributed by atoms with E-state index in [0.717, 1.165) is 19.3 Å². The molecule has 1 heterocycles. The minimum atomic E-state index is -0.706. The van der Waals surface area contributed by atoms with Crippen LogP contribution in [0.2, 0.25) is 0 Å². The number of hydrogen-bond acceptors (Lipinski definition) is 2. The van der Waals surface area contributed by atoms with Crippen LogP contribution in [0.25, 0.3) is 10.8 Å². The summed E-state index contributed by atoms with van der Waals surface area (Å²) in [7, 11) is 0. The second-order valence-electron chi connectivity index (χ2n) is 7.92. The van der Waals surface area contributed by atoms with Crippen molar-refractivity contribution in [2.24, 2.45) is 5.92 Å². The van der Waals surface area contributed by atoms with Crippen molar-refractivity contribution < 1.29 is 13.6 Å². The van der Waals surface area contributed by atoms with Crippen LogP contribution in [-0.4, -0.2) is 10.5 Å². The predicted molar refractivity (Wildman–Crippen MR) is 116 cm³/mol. The normalized spacial score (nSPS) is 14.6. The molecule has 31 heavy (non-hydrogen) atoms. The SMILES string of the molecule is C#CCn1c(C)c(C(=O)N[C@H](c2cccc(F)c2)C2CCC2)c2cccc(F)c2c1=O. The Bertz CT molecular complexity index is 1270. The Hall–Kier alpha value is -3.46. The summed E-state index contributed by atoms with van der Waals surface area (Å²) in [5.74, 6) is 1.06. The zero-order chi connectivity index (χ0) is 22.1. The highest BCUT2D eigenvalue weighted by Gasteiger charge is 2.31. The third-order valence-electron chi connectivity index (χ3n) is 6.10. The number of carbonyl (C=O) groups is 1. The number of benzene rings is 2. The Morgan fingerprint density at radius 3 is 2.65 bits per heavy atom. The highest BCUT2D eigenvalue weighted by atomic mass is 19.1. The molecule has 0 unspecified atom stereocenters. The molecule has 0 bridgehead atoms. The number of nitrogens with one attached hydrogen (secondary N) is 1. The Kier molecular flexibility index (Phi) is 5.60. The molecule has 1 atom stereocenters. The van der Waals surface area contributed by atoms with E-state index in [4.69, 9.17) is 6.42 Å². The summed E-state index contributed by atoms with van der Waals surface area (Å²) in [5.41, 5.74) is 0.680. The van der Waals surface area contributed by atoms with Gasteiger partial charge in [-0.2, -0.15) is 0 Å². The second-order valence-corrected chi connectivity index (χ2v) is 7.92. The molecule has 3 aromatic rings. The van der Waals surface area contributed by atoms with Crippen LogP contribution < -0.4 is 10.9 Å². The standard InChI is InChI=1S/C25H22F2N2O2/c1-3-13-29-15(2)21(19-11-6-12-20(27)22(19)25(29)31)24(30)28-23(16-7-4-8-16)17-9-5-10-18(26)14-17/h1,5-6,9-12,14,16,23H,4,7-8,13H2,2H3,(H,28,30)/t23-/m0/s1. The van der Waals surface area contributed by atoms with Crippen LogP contribution in [0, 0.1) is 36.8 Å². The number of nitrogens with zero attached hydrogens (tertiary/aromatic N) is 1. The lowest BCUT2D eigenvalue weighted by molar-refractivity contribution is 0.0900. The number of fused-ring (bicyclic) bond motifs is 1. The number of rotatable bonds is 5. The van der Waals surface area contributed by atoms with Crippen LogP contribution in [0.3, 0.4) is 0 Å². The van der Waals surface area contributed by atoms with Gasteiger partial charge in [-0.05, 0) is 49.4 Å². The van der Waals surface area contributed by atoms with Crippen molar-refractivity contribution in [1.29, 1.82) is 0 Å². The molecule has 158 valence electrons. The predicted octanol–water partition coefficient (Wildman–Crippen LogP) is 4.49. The first-order valence-corrected chi connectivity index (χ1v) is 10.2. The first-order valence-electron chi connectivity index (χ1n) is 10.2. The van der Waals surface area contributed by atoms with Crippen molar-refractivity contribution in [2.45, 2.75) is 38.8 Å². The Balaban J connectivity index is 1.84. The smallest absolute Gasteiger partial charge is 0.262 e. The van der Waals surface area contributed by atoms with E-state index in [1.54, 1.807) is 25.1 Å². The first kappa shape index (κ1) is 20.8. The lowest BCUT2D eigenvalue weighted by atomic mass is 9.77. The third kappa shape index (κ3) is 3.72. The molecule has 0 radical (unpaired) electrons. The van der Waals surface area contributed by atoms with Crippen molar-refractivity contribution >= 4 is 16.7 Å². The number of carbonyl (C=O) groups excluding carboxylic acids is 1. The lowest BCUT2D eigenvalue weighted by Gasteiger charge is -2.35. The fraction of sp³-hybridized carbons (Fsp3) is 0.280. The molecule has 2 aromatic carbocycles. The first-order chi connectivity index (χ1) is 14.9. The van der Waals surface area contributed by atoms with Crippen LogP contribution >= 0.6 is 0 Å². The zero-order valence-electron chi connectivity index (χ0n) is 17.1. The molecular formula is C25H22F2N2O2. The molecule has 1 fully saturated rings. The van der Waals surface area contributed by atoms with Gasteiger partial charge in [0.1, 0.15) is 11.6 Å². The molecule has 4 nitrogen and oxygen atoms in total. The molecule has 1 aliphatic carbocycles. The zero-order valence-corrected chi connectivity index (χ0v) is 17.1. The molecule has 4 rings (SSSR count). The van der Waals surface area contributed by atoms with Gasteiger partial charge in [-0.1, -0.05) is 36.6 Å². The van der Waals surface area contributed by atoms with Gasteiger partial charge in [-0.15, -0.1) is 6.42 Å². The van der Waals surface area contributed by atoms with Gasteiger partial charge in [0.15, 0.2) is 0 Å². The van der Waals surface area contributed by atoms with Gasteiger partial charge in [0.05, 0.1) is 23.5 Å². The maximum atomic E-state index is 14.6. The quantitative estimate of drug-likeness (QED) is 0.619. The van der Waals surface area contributed by atoms with Gasteiger partial charge >= 0.3 is 0 Å². The minimum Gasteiger partial charge on any atom is -0.345 e. The summed E-state index contributed by atoms with van der Waals surface area (Å²) in [5, 5.41) is 3.09. The summed E-state index contributed by atoms with van der Waals surface area (Å²) < 4.78 is 29.7. The Morgan fingerprint density at radius 2 is 2.00 bits per heavy atom. The van der Waals surface area contributed by atoms with Gasteiger partial charge in [-0.3, -0.25) is 14.2 Å². The molecule has 1 saturated carbocycles. The molecule has 0 aliphatic heterocycles. The van der Waals surface area contributed by atoms with Gasteiger partial charge < -0.3 is 5.32 Å². The average molecular weight is 420 g/mol. The van der Waals surface area contributed by atoms with Crippen molar-refractivity contribution in [3.05, 3.63) is 81.3 Å². The van der Waals surface area contributed by atoms with Crippen LogP contribution in [0.15, 0.2) is 47.3 Å². The van der Waals surface area contributed by atoms with E-state index in [2.05, 4.69) is 11.2 Å². The maximum absolute atomic E-state index is 14.6. The number of halogens is 2. The van der Waals surface area contributed by atoms with Crippen molar-refractivity contribution in [1.82, 2.24) is 9.88 Å². The summed E-state index contributed by atoms with van der Waals surface area (Å²) >= 11 is 0. The summed E-state index contributed by atoms with van der Waals surface area (Å²) in [6, 6.07) is 10.0. The van der Waals surface area contributed by atoms with Crippen LogP contribution in [0.5, 0.6) is 0 Å². The van der Waals surface area contributed by atoms with Crippen molar-refractivity contribution in [3.8, 4) is 12.3 Å². The highest BCUT2D eigenvalue weighted by Crippen LogP contribution is 2.38. The monoisotopic (exact) mass is 420 g/mol. The molecule has 1 N–H and O–H groups in total. The number of pyridine rings is 1. The van der Waals surface area contributed by atoms with Crippen molar-refractivity contribution in [2.75, 3.05) is 0 Å². The maximum Gasteiger partial charge on any atom is 0.262 e. The largest absolute Gasteiger partial charge is 0.345 e. The summed E-state index contributed by atoms with van der Waals surface area (Å²) in [6.45, 7) is 1.55. The fourth-order valence-electron chi connectivity index (χ4n) is 4.30. The number of hydrogen-bond donors (Lipinski definition) is 1. The molecule has 1 amide bonds. The van der Waals surface area contributed by atoms with E-state index in [0.29, 0.717) is 11.3 Å². The summed E-state index contributed by atoms with van der Waals surface area (Å²) in [6.07, 6.45) is 8.30. The van der Waals surface area contributed by atoms with Gasteiger partial charge in [0.25, 0.3) is 11.5 Å². The van der Waals surface area contributed by atoms with Gasteiger partial charge in [0.2, 0.25) is 0 Å². The van der Waals surface area contributed by atoms with Gasteiger partial charge in [0, 0.05) is 11.1 Å². The van der Waals surface area contributed by atoms with Crippen LogP contribution in [-0.2, 0) is 6.54 Å². The topological polar surface area (TPSA) is 51.1 Å². The third-order valence-corrected chi connectivity index (χ3v) is 6.10. The minimum absolute atomic E-state index is 0.0782.